The van der Waals surface area contributed by atoms with E-state index in [4.69, 9.17) is 4.74 Å². The summed E-state index contributed by atoms with van der Waals surface area (Å²) in [7, 11) is 0. The van der Waals surface area contributed by atoms with Gasteiger partial charge in [0.05, 0.1) is 11.8 Å². The van der Waals surface area contributed by atoms with Crippen molar-refractivity contribution in [1.29, 1.82) is 0 Å². The second kappa shape index (κ2) is 8.29. The van der Waals surface area contributed by atoms with E-state index < -0.39 is 24.5 Å². The van der Waals surface area contributed by atoms with Crippen LogP contribution in [0.5, 0.6) is 0 Å². The first-order chi connectivity index (χ1) is 14.8. The van der Waals surface area contributed by atoms with E-state index in [0.29, 0.717) is 5.69 Å². The second-order valence-corrected chi connectivity index (χ2v) is 8.90. The van der Waals surface area contributed by atoms with Gasteiger partial charge in [-0.2, -0.15) is 0 Å². The molecule has 5 atom stereocenters. The van der Waals surface area contributed by atoms with Crippen molar-refractivity contribution in [3.05, 3.63) is 42.0 Å². The van der Waals surface area contributed by atoms with Crippen LogP contribution in [0.1, 0.15) is 32.8 Å². The number of carbonyl (C=O) groups excluding carboxylic acids is 4. The average molecular weight is 424 g/mol. The zero-order chi connectivity index (χ0) is 22.3. The van der Waals surface area contributed by atoms with Gasteiger partial charge in [0.25, 0.3) is 5.91 Å². The van der Waals surface area contributed by atoms with E-state index in [1.165, 1.54) is 0 Å². The number of ether oxygens (including phenoxy) is 1. The SMILES string of the molecule is CCc1ccccc1NC(=O)COC(=O)[C@@H](C(C)C)N1C(=O)[C@@H]2[C@H](C1=O)[C@H]1C=C[C@H]2C1. The molecule has 0 spiro atoms. The molecule has 1 aromatic rings. The molecule has 3 aliphatic rings. The van der Waals surface area contributed by atoms with Crippen molar-refractivity contribution in [3.63, 3.8) is 0 Å². The number of nitrogens with zero attached hydrogens (tertiary/aromatic N) is 1. The van der Waals surface area contributed by atoms with Crippen molar-refractivity contribution in [2.45, 2.75) is 39.7 Å². The van der Waals surface area contributed by atoms with Crippen LogP contribution in [0.2, 0.25) is 0 Å². The number of imide groups is 1. The van der Waals surface area contributed by atoms with Crippen LogP contribution in [0, 0.1) is 29.6 Å². The molecule has 2 bridgehead atoms. The van der Waals surface area contributed by atoms with E-state index in [2.05, 4.69) is 5.32 Å². The fraction of sp³-hybridized carbons (Fsp3) is 0.500. The third kappa shape index (κ3) is 3.66. The van der Waals surface area contributed by atoms with E-state index in [0.717, 1.165) is 23.3 Å². The van der Waals surface area contributed by atoms with Crippen molar-refractivity contribution in [2.24, 2.45) is 29.6 Å². The fourth-order valence-electron chi connectivity index (χ4n) is 5.23. The van der Waals surface area contributed by atoms with E-state index >= 15 is 0 Å². The number of para-hydroxylation sites is 1. The molecular weight excluding hydrogens is 396 g/mol. The number of aryl methyl sites for hydroxylation is 1. The average Bonchev–Trinajstić information content (AvgIpc) is 3.42. The van der Waals surface area contributed by atoms with Gasteiger partial charge in [-0.05, 0) is 42.2 Å². The van der Waals surface area contributed by atoms with Crippen LogP contribution in [-0.4, -0.2) is 41.2 Å². The van der Waals surface area contributed by atoms with E-state index in [1.807, 2.05) is 37.3 Å². The standard InChI is InChI=1S/C24H28N2O5/c1-4-14-7-5-6-8-17(14)25-18(27)12-31-24(30)21(13(2)3)26-22(28)19-15-9-10-16(11-15)20(19)23(26)29/h5-10,13,15-16,19-21H,4,11-12H2,1-3H3,(H,25,27)/t15-,16-,19-,20+,21+/m0/s1. The quantitative estimate of drug-likeness (QED) is 0.413. The third-order valence-corrected chi connectivity index (χ3v) is 6.67. The van der Waals surface area contributed by atoms with Crippen LogP contribution < -0.4 is 5.32 Å². The number of fused-ring (bicyclic) bond motifs is 5. The van der Waals surface area contributed by atoms with Gasteiger partial charge < -0.3 is 10.1 Å². The summed E-state index contributed by atoms with van der Waals surface area (Å²) in [6.45, 7) is 5.05. The monoisotopic (exact) mass is 424 g/mol. The Hall–Kier alpha value is -2.96. The largest absolute Gasteiger partial charge is 0.454 e. The maximum atomic E-state index is 13.1. The fourth-order valence-corrected chi connectivity index (χ4v) is 5.23. The van der Waals surface area contributed by atoms with E-state index in [-0.39, 0.29) is 41.4 Å². The van der Waals surface area contributed by atoms with Gasteiger partial charge in [-0.15, -0.1) is 0 Å². The number of nitrogens with one attached hydrogen (secondary N) is 1. The van der Waals surface area contributed by atoms with Gasteiger partial charge in [0, 0.05) is 5.69 Å². The first kappa shape index (κ1) is 21.3. The Morgan fingerprint density at radius 1 is 1.10 bits per heavy atom. The summed E-state index contributed by atoms with van der Waals surface area (Å²) in [4.78, 5) is 52.5. The summed E-state index contributed by atoms with van der Waals surface area (Å²) < 4.78 is 5.26. The van der Waals surface area contributed by atoms with Gasteiger partial charge in [0.1, 0.15) is 6.04 Å². The maximum absolute atomic E-state index is 13.1. The highest BCUT2D eigenvalue weighted by molar-refractivity contribution is 6.09. The minimum Gasteiger partial charge on any atom is -0.454 e. The van der Waals surface area contributed by atoms with Crippen LogP contribution in [0.25, 0.3) is 0 Å². The van der Waals surface area contributed by atoms with Gasteiger partial charge in [-0.25, -0.2) is 4.79 Å². The van der Waals surface area contributed by atoms with Crippen LogP contribution in [0.3, 0.4) is 0 Å². The van der Waals surface area contributed by atoms with Crippen LogP contribution in [0.4, 0.5) is 5.69 Å². The highest BCUT2D eigenvalue weighted by Crippen LogP contribution is 2.53. The maximum Gasteiger partial charge on any atom is 0.330 e. The number of likely N-dealkylation sites (tertiary alicyclic amines) is 1. The number of esters is 1. The van der Waals surface area contributed by atoms with Crippen molar-refractivity contribution in [2.75, 3.05) is 11.9 Å². The highest BCUT2D eigenvalue weighted by atomic mass is 16.5. The molecule has 7 heteroatoms. The first-order valence-electron chi connectivity index (χ1n) is 10.9. The summed E-state index contributed by atoms with van der Waals surface area (Å²) in [5.74, 6) is -2.68. The smallest absolute Gasteiger partial charge is 0.330 e. The predicted octanol–water partition coefficient (Wildman–Crippen LogP) is 2.56. The molecule has 1 saturated carbocycles. The summed E-state index contributed by atoms with van der Waals surface area (Å²) in [5.41, 5.74) is 1.65. The molecule has 0 unspecified atom stereocenters. The van der Waals surface area contributed by atoms with Crippen LogP contribution >= 0.6 is 0 Å². The van der Waals surface area contributed by atoms with Gasteiger partial charge >= 0.3 is 5.97 Å². The number of carbonyl (C=O) groups is 4. The lowest BCUT2D eigenvalue weighted by molar-refractivity contribution is -0.162. The Morgan fingerprint density at radius 2 is 1.71 bits per heavy atom. The lowest BCUT2D eigenvalue weighted by Gasteiger charge is -2.28. The van der Waals surface area contributed by atoms with Crippen molar-refractivity contribution < 1.29 is 23.9 Å². The van der Waals surface area contributed by atoms with Gasteiger partial charge in [0.2, 0.25) is 11.8 Å². The molecule has 1 saturated heterocycles. The molecule has 1 aromatic carbocycles. The molecule has 31 heavy (non-hydrogen) atoms. The Morgan fingerprint density at radius 3 is 2.29 bits per heavy atom. The van der Waals surface area contributed by atoms with Crippen LogP contribution in [0.15, 0.2) is 36.4 Å². The zero-order valence-electron chi connectivity index (χ0n) is 18.0. The lowest BCUT2D eigenvalue weighted by atomic mass is 9.85. The molecule has 0 aromatic heterocycles. The lowest BCUT2D eigenvalue weighted by Crippen LogP contribution is -2.50. The Labute approximate surface area is 181 Å². The topological polar surface area (TPSA) is 92.8 Å². The molecule has 4 rings (SSSR count). The molecule has 7 nitrogen and oxygen atoms in total. The minimum absolute atomic E-state index is 0.0738. The van der Waals surface area contributed by atoms with Gasteiger partial charge in [0.15, 0.2) is 6.61 Å². The zero-order valence-corrected chi connectivity index (χ0v) is 18.0. The van der Waals surface area contributed by atoms with E-state index in [9.17, 15) is 19.2 Å². The normalized spacial score (nSPS) is 27.0. The van der Waals surface area contributed by atoms with Crippen molar-refractivity contribution in [3.8, 4) is 0 Å². The number of benzene rings is 1. The number of hydrogen-bond acceptors (Lipinski definition) is 5. The predicted molar refractivity (Wildman–Crippen MR) is 114 cm³/mol. The number of amides is 3. The van der Waals surface area contributed by atoms with Gasteiger partial charge in [-0.1, -0.05) is 51.1 Å². The number of allylic oxidation sites excluding steroid dienone is 2. The van der Waals surface area contributed by atoms with Crippen LogP contribution in [-0.2, 0) is 30.3 Å². The van der Waals surface area contributed by atoms with Crippen molar-refractivity contribution in [1.82, 2.24) is 4.90 Å². The summed E-state index contributed by atoms with van der Waals surface area (Å²) in [6.07, 6.45) is 5.62. The number of hydrogen-bond donors (Lipinski definition) is 1. The first-order valence-corrected chi connectivity index (χ1v) is 10.9. The third-order valence-electron chi connectivity index (χ3n) is 6.67. The van der Waals surface area contributed by atoms with Gasteiger partial charge in [-0.3, -0.25) is 19.3 Å². The molecule has 0 radical (unpaired) electrons. The Bertz CT molecular complexity index is 923. The highest BCUT2D eigenvalue weighted by Gasteiger charge is 2.61. The summed E-state index contributed by atoms with van der Waals surface area (Å²) in [5, 5.41) is 2.75. The molecule has 2 fully saturated rings. The molecule has 3 amide bonds. The molecule has 164 valence electrons. The molecule has 1 aliphatic heterocycles. The molecule has 2 aliphatic carbocycles. The summed E-state index contributed by atoms with van der Waals surface area (Å²) >= 11 is 0. The number of anilines is 1. The molecule has 1 N–H and O–H groups in total. The minimum atomic E-state index is -1.03. The van der Waals surface area contributed by atoms with Crippen molar-refractivity contribution >= 4 is 29.4 Å². The van der Waals surface area contributed by atoms with E-state index in [1.54, 1.807) is 19.9 Å². The summed E-state index contributed by atoms with van der Waals surface area (Å²) in [6, 6.07) is 6.39. The second-order valence-electron chi connectivity index (χ2n) is 8.90. The Kier molecular flexibility index (Phi) is 5.69. The number of rotatable bonds is 7. The molecular formula is C24H28N2O5. The Balaban J connectivity index is 1.42. The molecule has 1 heterocycles.